The summed E-state index contributed by atoms with van der Waals surface area (Å²) >= 11 is 0. The number of fused-ring (bicyclic) bond motifs is 1. The Morgan fingerprint density at radius 1 is 0.941 bits per heavy atom. The van der Waals surface area contributed by atoms with E-state index in [1.54, 1.807) is 4.68 Å². The Balaban J connectivity index is 1.32. The fourth-order valence-corrected chi connectivity index (χ4v) is 4.90. The molecule has 0 saturated carbocycles. The van der Waals surface area contributed by atoms with Crippen LogP contribution < -0.4 is 5.56 Å². The van der Waals surface area contributed by atoms with Crippen molar-refractivity contribution in [3.05, 3.63) is 88.0 Å². The van der Waals surface area contributed by atoms with Crippen molar-refractivity contribution in [3.8, 4) is 5.69 Å². The molecule has 0 spiro atoms. The monoisotopic (exact) mass is 455 g/mol. The molecule has 2 aromatic carbocycles. The Morgan fingerprint density at radius 3 is 2.26 bits per heavy atom. The molecule has 1 aliphatic rings. The largest absolute Gasteiger partial charge is 0.341 e. The Labute approximate surface area is 198 Å². The van der Waals surface area contributed by atoms with E-state index in [-0.39, 0.29) is 18.0 Å². The van der Waals surface area contributed by atoms with Crippen LogP contribution in [0.15, 0.2) is 65.5 Å². The van der Waals surface area contributed by atoms with Crippen LogP contribution in [0.3, 0.4) is 0 Å². The highest BCUT2D eigenvalue weighted by atomic mass is 16.2. The van der Waals surface area contributed by atoms with Crippen LogP contribution in [0.25, 0.3) is 16.6 Å². The first-order chi connectivity index (χ1) is 16.5. The number of aryl methyl sites for hydroxylation is 2. The maximum atomic E-state index is 13.3. The Bertz CT molecular complexity index is 1370. The van der Waals surface area contributed by atoms with Gasteiger partial charge in [-0.2, -0.15) is 10.2 Å². The first-order valence-corrected chi connectivity index (χ1v) is 11.9. The number of amides is 1. The van der Waals surface area contributed by atoms with E-state index < -0.39 is 0 Å². The molecule has 1 saturated heterocycles. The van der Waals surface area contributed by atoms with Gasteiger partial charge in [-0.15, -0.1) is 0 Å². The van der Waals surface area contributed by atoms with Gasteiger partial charge in [-0.3, -0.25) is 9.59 Å². The molecular formula is C27H29N5O2. The van der Waals surface area contributed by atoms with E-state index in [4.69, 9.17) is 0 Å². The van der Waals surface area contributed by atoms with E-state index in [9.17, 15) is 9.59 Å². The normalized spacial score (nSPS) is 14.6. The third-order valence-corrected chi connectivity index (χ3v) is 6.80. The number of hydrogen-bond acceptors (Lipinski definition) is 4. The second-order valence-electron chi connectivity index (χ2n) is 9.12. The topological polar surface area (TPSA) is 73.0 Å². The lowest BCUT2D eigenvalue weighted by Gasteiger charge is -2.32. The molecule has 0 bridgehead atoms. The van der Waals surface area contributed by atoms with Gasteiger partial charge in [-0.25, -0.2) is 9.36 Å². The minimum atomic E-state index is -0.271. The van der Waals surface area contributed by atoms with Crippen molar-refractivity contribution in [3.63, 3.8) is 0 Å². The highest BCUT2D eigenvalue weighted by molar-refractivity contribution is 5.83. The number of para-hydroxylation sites is 1. The van der Waals surface area contributed by atoms with Crippen LogP contribution in [-0.2, 0) is 17.8 Å². The van der Waals surface area contributed by atoms with E-state index in [0.29, 0.717) is 22.5 Å². The molecule has 0 atom stereocenters. The van der Waals surface area contributed by atoms with Gasteiger partial charge in [0, 0.05) is 13.1 Å². The third-order valence-electron chi connectivity index (χ3n) is 6.80. The highest BCUT2D eigenvalue weighted by Gasteiger charge is 2.25. The molecule has 2 aromatic heterocycles. The lowest BCUT2D eigenvalue weighted by atomic mass is 9.90. The minimum Gasteiger partial charge on any atom is -0.341 e. The molecule has 34 heavy (non-hydrogen) atoms. The average molecular weight is 456 g/mol. The number of aromatic nitrogens is 4. The lowest BCUT2D eigenvalue weighted by molar-refractivity contribution is -0.133. The molecule has 0 N–H and O–H groups in total. The molecule has 4 aromatic rings. The third kappa shape index (κ3) is 4.25. The van der Waals surface area contributed by atoms with E-state index >= 15 is 0 Å². The van der Waals surface area contributed by atoms with Crippen LogP contribution in [0.1, 0.15) is 29.8 Å². The molecular weight excluding hydrogens is 426 g/mol. The Kier molecular flexibility index (Phi) is 6.01. The average Bonchev–Trinajstić information content (AvgIpc) is 3.22. The summed E-state index contributed by atoms with van der Waals surface area (Å²) in [5, 5.41) is 9.60. The van der Waals surface area contributed by atoms with E-state index in [1.807, 2.05) is 55.1 Å². The van der Waals surface area contributed by atoms with Crippen molar-refractivity contribution in [1.29, 1.82) is 0 Å². The molecule has 3 heterocycles. The van der Waals surface area contributed by atoms with Crippen LogP contribution in [-0.4, -0.2) is 43.5 Å². The predicted molar refractivity (Wildman–Crippen MR) is 132 cm³/mol. The van der Waals surface area contributed by atoms with Crippen LogP contribution in [0, 0.1) is 19.8 Å². The maximum absolute atomic E-state index is 13.3. The first-order valence-electron chi connectivity index (χ1n) is 11.9. The molecule has 5 rings (SSSR count). The van der Waals surface area contributed by atoms with Crippen LogP contribution >= 0.6 is 0 Å². The van der Waals surface area contributed by atoms with Gasteiger partial charge in [0.25, 0.3) is 5.56 Å². The second-order valence-corrected chi connectivity index (χ2v) is 9.12. The summed E-state index contributed by atoms with van der Waals surface area (Å²) in [5.74, 6) is 0.525. The molecule has 0 unspecified atom stereocenters. The SMILES string of the molecule is Cc1nn(CC(=O)N2CCC(Cc3ccccc3)CC2)c(=O)c2c(C)n(-c3ccccc3)nc12. The standard InChI is InChI=1S/C27H29N5O2/c1-19-26-25(20(2)32(29-26)23-11-7-4-8-12-23)27(34)31(28-19)18-24(33)30-15-13-22(14-16-30)17-21-9-5-3-6-10-21/h3-12,22H,13-18H2,1-2H3. The summed E-state index contributed by atoms with van der Waals surface area (Å²) in [7, 11) is 0. The van der Waals surface area contributed by atoms with Gasteiger partial charge in [0.1, 0.15) is 12.1 Å². The van der Waals surface area contributed by atoms with Gasteiger partial charge < -0.3 is 4.90 Å². The number of rotatable bonds is 5. The van der Waals surface area contributed by atoms with Crippen LogP contribution in [0.5, 0.6) is 0 Å². The van der Waals surface area contributed by atoms with Crippen molar-refractivity contribution in [2.24, 2.45) is 5.92 Å². The fourth-order valence-electron chi connectivity index (χ4n) is 4.90. The second kappa shape index (κ2) is 9.25. The maximum Gasteiger partial charge on any atom is 0.278 e. The van der Waals surface area contributed by atoms with Crippen molar-refractivity contribution in [2.75, 3.05) is 13.1 Å². The van der Waals surface area contributed by atoms with Gasteiger partial charge in [-0.05, 0) is 56.7 Å². The number of nitrogens with zero attached hydrogens (tertiary/aromatic N) is 5. The zero-order valence-corrected chi connectivity index (χ0v) is 19.6. The van der Waals surface area contributed by atoms with Crippen LogP contribution in [0.4, 0.5) is 0 Å². The van der Waals surface area contributed by atoms with E-state index in [2.05, 4.69) is 34.5 Å². The van der Waals surface area contributed by atoms with Gasteiger partial charge in [0.15, 0.2) is 0 Å². The van der Waals surface area contributed by atoms with Crippen LogP contribution in [0.2, 0.25) is 0 Å². The van der Waals surface area contributed by atoms with Crippen molar-refractivity contribution >= 4 is 16.8 Å². The quantitative estimate of drug-likeness (QED) is 0.460. The Hall–Kier alpha value is -3.74. The van der Waals surface area contributed by atoms with Gasteiger partial charge in [0.2, 0.25) is 5.91 Å². The first kappa shape index (κ1) is 22.1. The molecule has 7 nitrogen and oxygen atoms in total. The zero-order chi connectivity index (χ0) is 23.7. The number of benzene rings is 2. The van der Waals surface area contributed by atoms with Crippen molar-refractivity contribution in [1.82, 2.24) is 24.5 Å². The van der Waals surface area contributed by atoms with Crippen molar-refractivity contribution < 1.29 is 4.79 Å². The summed E-state index contributed by atoms with van der Waals surface area (Å²) in [4.78, 5) is 28.2. The molecule has 1 aliphatic heterocycles. The molecule has 174 valence electrons. The minimum absolute atomic E-state index is 0.0467. The number of piperidine rings is 1. The Morgan fingerprint density at radius 2 is 1.59 bits per heavy atom. The summed E-state index contributed by atoms with van der Waals surface area (Å²) in [5.41, 5.74) is 3.93. The lowest BCUT2D eigenvalue weighted by Crippen LogP contribution is -2.42. The molecule has 7 heteroatoms. The predicted octanol–water partition coefficient (Wildman–Crippen LogP) is 3.68. The van der Waals surface area contributed by atoms with Crippen molar-refractivity contribution in [2.45, 2.75) is 39.7 Å². The van der Waals surface area contributed by atoms with E-state index in [0.717, 1.165) is 43.7 Å². The smallest absolute Gasteiger partial charge is 0.278 e. The number of carbonyl (C=O) groups excluding carboxylic acids is 1. The van der Waals surface area contributed by atoms with Gasteiger partial charge in [0.05, 0.1) is 22.5 Å². The zero-order valence-electron chi connectivity index (χ0n) is 19.6. The number of hydrogen-bond donors (Lipinski definition) is 0. The summed E-state index contributed by atoms with van der Waals surface area (Å²) in [6.45, 7) is 5.11. The summed E-state index contributed by atoms with van der Waals surface area (Å²) in [6.07, 6.45) is 3.00. The summed E-state index contributed by atoms with van der Waals surface area (Å²) in [6, 6.07) is 20.2. The number of carbonyl (C=O) groups is 1. The molecule has 0 radical (unpaired) electrons. The van der Waals surface area contributed by atoms with Gasteiger partial charge in [-0.1, -0.05) is 48.5 Å². The fraction of sp³-hybridized carbons (Fsp3) is 0.333. The molecule has 0 aliphatic carbocycles. The molecule has 1 amide bonds. The van der Waals surface area contributed by atoms with Gasteiger partial charge >= 0.3 is 0 Å². The van der Waals surface area contributed by atoms with E-state index in [1.165, 1.54) is 10.2 Å². The molecule has 1 fully saturated rings. The summed E-state index contributed by atoms with van der Waals surface area (Å²) < 4.78 is 3.07. The highest BCUT2D eigenvalue weighted by Crippen LogP contribution is 2.22. The number of likely N-dealkylation sites (tertiary alicyclic amines) is 1.